The fraction of sp³-hybridized carbons (Fsp3) is 0.294. The van der Waals surface area contributed by atoms with Gasteiger partial charge in [-0.1, -0.05) is 17.7 Å². The molecule has 1 saturated heterocycles. The molecule has 0 amide bonds. The minimum atomic E-state index is -0.519. The van der Waals surface area contributed by atoms with Crippen LogP contribution in [0.5, 0.6) is 0 Å². The number of aromatic nitrogens is 5. The van der Waals surface area contributed by atoms with Crippen LogP contribution in [0.3, 0.4) is 0 Å². The topological polar surface area (TPSA) is 103 Å². The van der Waals surface area contributed by atoms with Gasteiger partial charge < -0.3 is 4.90 Å². The van der Waals surface area contributed by atoms with E-state index in [1.807, 2.05) is 35.8 Å². The molecule has 1 aromatic carbocycles. The number of hydrogen-bond donors (Lipinski definition) is 0. The first-order valence-corrected chi connectivity index (χ1v) is 9.35. The normalized spacial score (nSPS) is 13.9. The van der Waals surface area contributed by atoms with Gasteiger partial charge in [-0.25, -0.2) is 9.97 Å². The molecule has 0 saturated carbocycles. The van der Waals surface area contributed by atoms with Crippen LogP contribution in [0.2, 0.25) is 0 Å². The van der Waals surface area contributed by atoms with Gasteiger partial charge >= 0.3 is 5.69 Å². The van der Waals surface area contributed by atoms with Crippen molar-refractivity contribution in [2.24, 2.45) is 0 Å². The molecule has 4 rings (SSSR count). The summed E-state index contributed by atoms with van der Waals surface area (Å²) in [5, 5.41) is 20.5. The molecule has 138 valence electrons. The van der Waals surface area contributed by atoms with Crippen molar-refractivity contribution in [3.63, 3.8) is 0 Å². The zero-order chi connectivity index (χ0) is 18.8. The second-order valence-corrected chi connectivity index (χ2v) is 7.17. The number of rotatable bonds is 5. The Bertz CT molecular complexity index is 950. The zero-order valence-electron chi connectivity index (χ0n) is 14.6. The maximum absolute atomic E-state index is 10.8. The highest BCUT2D eigenvalue weighted by atomic mass is 32.2. The minimum absolute atomic E-state index is 0.142. The van der Waals surface area contributed by atoms with Gasteiger partial charge in [0, 0.05) is 13.1 Å². The van der Waals surface area contributed by atoms with Crippen LogP contribution in [0.25, 0.3) is 5.69 Å². The molecule has 3 aromatic rings. The molecule has 9 nitrogen and oxygen atoms in total. The van der Waals surface area contributed by atoms with Gasteiger partial charge in [-0.05, 0) is 43.7 Å². The van der Waals surface area contributed by atoms with Crippen LogP contribution in [0.4, 0.5) is 11.6 Å². The molecular weight excluding hydrogens is 366 g/mol. The molecule has 0 atom stereocenters. The van der Waals surface area contributed by atoms with Crippen molar-refractivity contribution < 1.29 is 4.92 Å². The molecule has 0 radical (unpaired) electrons. The average Bonchev–Trinajstić information content (AvgIpc) is 3.33. The van der Waals surface area contributed by atoms with Crippen LogP contribution >= 0.6 is 11.8 Å². The fourth-order valence-corrected chi connectivity index (χ4v) is 3.64. The predicted octanol–water partition coefficient (Wildman–Crippen LogP) is 3.03. The van der Waals surface area contributed by atoms with E-state index < -0.39 is 4.92 Å². The summed E-state index contributed by atoms with van der Waals surface area (Å²) in [7, 11) is 0. The standard InChI is InChI=1S/C17H17N7O2S/c1-12-4-6-13(7-5-12)23-16(22-8-2-3-9-22)20-21-17(23)27-15-18-10-14(11-19-15)24(25)26/h4-7,10-11H,2-3,8-9H2,1H3. The van der Waals surface area contributed by atoms with Crippen LogP contribution in [0.15, 0.2) is 47.0 Å². The summed E-state index contributed by atoms with van der Waals surface area (Å²) in [6.45, 7) is 3.93. The first kappa shape index (κ1) is 17.4. The number of nitrogens with zero attached hydrogens (tertiary/aromatic N) is 7. The van der Waals surface area contributed by atoms with Crippen LogP contribution in [-0.2, 0) is 0 Å². The summed E-state index contributed by atoms with van der Waals surface area (Å²) in [6, 6.07) is 8.14. The van der Waals surface area contributed by atoms with Gasteiger partial charge in [-0.3, -0.25) is 14.7 Å². The lowest BCUT2D eigenvalue weighted by Gasteiger charge is -2.18. The maximum Gasteiger partial charge on any atom is 0.305 e. The summed E-state index contributed by atoms with van der Waals surface area (Å²) >= 11 is 1.23. The Morgan fingerprint density at radius 1 is 1.07 bits per heavy atom. The Hall–Kier alpha value is -3.01. The third-order valence-electron chi connectivity index (χ3n) is 4.31. The summed E-state index contributed by atoms with van der Waals surface area (Å²) < 4.78 is 1.99. The molecule has 1 aliphatic rings. The van der Waals surface area contributed by atoms with Crippen LogP contribution in [0, 0.1) is 17.0 Å². The summed E-state index contributed by atoms with van der Waals surface area (Å²) in [6.07, 6.45) is 4.66. The van der Waals surface area contributed by atoms with Gasteiger partial charge in [0.1, 0.15) is 12.4 Å². The lowest BCUT2D eigenvalue weighted by molar-refractivity contribution is -0.385. The second kappa shape index (κ2) is 7.31. The highest BCUT2D eigenvalue weighted by molar-refractivity contribution is 7.99. The quantitative estimate of drug-likeness (QED) is 0.376. The Balaban J connectivity index is 1.71. The van der Waals surface area contributed by atoms with Gasteiger partial charge in [0.25, 0.3) is 0 Å². The number of anilines is 1. The summed E-state index contributed by atoms with van der Waals surface area (Å²) in [5.74, 6) is 0.792. The molecule has 0 N–H and O–H groups in total. The van der Waals surface area contributed by atoms with Gasteiger partial charge in [0.2, 0.25) is 11.1 Å². The third-order valence-corrected chi connectivity index (χ3v) is 5.15. The monoisotopic (exact) mass is 383 g/mol. The number of benzene rings is 1. The predicted molar refractivity (Wildman–Crippen MR) is 100 cm³/mol. The molecule has 1 fully saturated rings. The lowest BCUT2D eigenvalue weighted by Crippen LogP contribution is -2.22. The Morgan fingerprint density at radius 3 is 2.37 bits per heavy atom. The summed E-state index contributed by atoms with van der Waals surface area (Å²) in [4.78, 5) is 20.6. The first-order chi connectivity index (χ1) is 13.1. The maximum atomic E-state index is 10.8. The third kappa shape index (κ3) is 3.61. The van der Waals surface area contributed by atoms with Crippen molar-refractivity contribution in [1.82, 2.24) is 24.7 Å². The largest absolute Gasteiger partial charge is 0.341 e. The molecule has 27 heavy (non-hydrogen) atoms. The van der Waals surface area contributed by atoms with Crippen LogP contribution in [-0.4, -0.2) is 42.7 Å². The minimum Gasteiger partial charge on any atom is -0.341 e. The fourth-order valence-electron chi connectivity index (χ4n) is 2.91. The number of nitro groups is 1. The van der Waals surface area contributed by atoms with E-state index >= 15 is 0 Å². The van der Waals surface area contributed by atoms with Crippen molar-refractivity contribution in [3.8, 4) is 5.69 Å². The van der Waals surface area contributed by atoms with Gasteiger partial charge in [-0.15, -0.1) is 10.2 Å². The molecule has 1 aliphatic heterocycles. The van der Waals surface area contributed by atoms with E-state index in [1.165, 1.54) is 29.7 Å². The molecule has 3 heterocycles. The van der Waals surface area contributed by atoms with Crippen molar-refractivity contribution in [2.75, 3.05) is 18.0 Å². The molecule has 2 aromatic heterocycles. The first-order valence-electron chi connectivity index (χ1n) is 8.53. The van der Waals surface area contributed by atoms with Crippen molar-refractivity contribution >= 4 is 23.4 Å². The van der Waals surface area contributed by atoms with Gasteiger partial charge in [0.15, 0.2) is 5.16 Å². The molecule has 0 spiro atoms. The van der Waals surface area contributed by atoms with E-state index in [9.17, 15) is 10.1 Å². The van der Waals surface area contributed by atoms with E-state index in [-0.39, 0.29) is 5.69 Å². The van der Waals surface area contributed by atoms with E-state index in [0.717, 1.165) is 37.6 Å². The van der Waals surface area contributed by atoms with Crippen molar-refractivity contribution in [2.45, 2.75) is 30.1 Å². The second-order valence-electron chi connectivity index (χ2n) is 6.23. The van der Waals surface area contributed by atoms with E-state index in [2.05, 4.69) is 25.1 Å². The summed E-state index contributed by atoms with van der Waals surface area (Å²) in [5.41, 5.74) is 1.98. The Morgan fingerprint density at radius 2 is 1.74 bits per heavy atom. The van der Waals surface area contributed by atoms with Crippen molar-refractivity contribution in [1.29, 1.82) is 0 Å². The van der Waals surface area contributed by atoms with Gasteiger partial charge in [-0.2, -0.15) is 0 Å². The average molecular weight is 383 g/mol. The highest BCUT2D eigenvalue weighted by Crippen LogP contribution is 2.31. The van der Waals surface area contributed by atoms with E-state index in [4.69, 9.17) is 0 Å². The molecule has 0 unspecified atom stereocenters. The van der Waals surface area contributed by atoms with E-state index in [1.54, 1.807) is 0 Å². The lowest BCUT2D eigenvalue weighted by atomic mass is 10.2. The Labute approximate surface area is 159 Å². The number of aryl methyl sites for hydroxylation is 1. The van der Waals surface area contributed by atoms with Crippen LogP contribution < -0.4 is 4.90 Å². The smallest absolute Gasteiger partial charge is 0.305 e. The molecule has 10 heteroatoms. The van der Waals surface area contributed by atoms with Crippen molar-refractivity contribution in [3.05, 3.63) is 52.3 Å². The van der Waals surface area contributed by atoms with Crippen LogP contribution in [0.1, 0.15) is 18.4 Å². The number of hydrogen-bond acceptors (Lipinski definition) is 8. The molecule has 0 aliphatic carbocycles. The SMILES string of the molecule is Cc1ccc(-n2c(Sc3ncc([N+](=O)[O-])cn3)nnc2N2CCCC2)cc1. The van der Waals surface area contributed by atoms with E-state index in [0.29, 0.717) is 10.3 Å². The zero-order valence-corrected chi connectivity index (χ0v) is 15.5. The molecular formula is C17H17N7O2S. The molecule has 0 bridgehead atoms. The Kier molecular flexibility index (Phi) is 4.71. The highest BCUT2D eigenvalue weighted by Gasteiger charge is 2.23. The van der Waals surface area contributed by atoms with Gasteiger partial charge in [0.05, 0.1) is 10.6 Å².